The molecule has 3 aromatic rings. The maximum atomic E-state index is 13.1. The van der Waals surface area contributed by atoms with Crippen molar-refractivity contribution in [1.29, 1.82) is 0 Å². The average Bonchev–Trinajstić information content (AvgIpc) is 2.72. The fourth-order valence-corrected chi connectivity index (χ4v) is 2.72. The van der Waals surface area contributed by atoms with E-state index in [0.29, 0.717) is 29.6 Å². The Labute approximate surface area is 177 Å². The Morgan fingerprint density at radius 1 is 1.03 bits per heavy atom. The van der Waals surface area contributed by atoms with Crippen LogP contribution in [0.5, 0.6) is 5.75 Å². The number of nitrogens with zero attached hydrogens (tertiary/aromatic N) is 2. The molecule has 2 aromatic carbocycles. The molecule has 0 fully saturated rings. The standard InChI is InChI=1S/C22H22F4N4O/c1-3-14(2)28-21-29-19(16-5-4-6-18(11-16)31-22(24,25)26)12-20(30-21)27-13-15-7-9-17(23)10-8-15/h4-12,14H,3,13H2,1-2H3,(H2,27,28,29,30)/t14-/m1/s1. The van der Waals surface area contributed by atoms with E-state index in [1.165, 1.54) is 30.3 Å². The second kappa shape index (κ2) is 9.63. The molecule has 31 heavy (non-hydrogen) atoms. The van der Waals surface area contributed by atoms with Crippen molar-refractivity contribution < 1.29 is 22.3 Å². The molecule has 0 spiro atoms. The molecule has 0 radical (unpaired) electrons. The highest BCUT2D eigenvalue weighted by Crippen LogP contribution is 2.29. The molecule has 0 saturated carbocycles. The van der Waals surface area contributed by atoms with Crippen LogP contribution >= 0.6 is 0 Å². The topological polar surface area (TPSA) is 59.1 Å². The van der Waals surface area contributed by atoms with Crippen LogP contribution in [0, 0.1) is 5.82 Å². The Morgan fingerprint density at radius 3 is 2.45 bits per heavy atom. The molecule has 1 aromatic heterocycles. The fraction of sp³-hybridized carbons (Fsp3) is 0.273. The number of hydrogen-bond donors (Lipinski definition) is 2. The van der Waals surface area contributed by atoms with E-state index in [1.807, 2.05) is 13.8 Å². The van der Waals surface area contributed by atoms with E-state index >= 15 is 0 Å². The lowest BCUT2D eigenvalue weighted by Gasteiger charge is -2.15. The van der Waals surface area contributed by atoms with Crippen molar-refractivity contribution in [3.8, 4) is 17.0 Å². The smallest absolute Gasteiger partial charge is 0.406 e. The lowest BCUT2D eigenvalue weighted by Crippen LogP contribution is -2.17. The van der Waals surface area contributed by atoms with Crippen LogP contribution in [0.2, 0.25) is 0 Å². The van der Waals surface area contributed by atoms with E-state index in [4.69, 9.17) is 0 Å². The van der Waals surface area contributed by atoms with E-state index in [0.717, 1.165) is 12.0 Å². The number of aromatic nitrogens is 2. The minimum Gasteiger partial charge on any atom is -0.406 e. The quantitative estimate of drug-likeness (QED) is 0.426. The number of anilines is 2. The van der Waals surface area contributed by atoms with Crippen molar-refractivity contribution in [2.75, 3.05) is 10.6 Å². The van der Waals surface area contributed by atoms with Gasteiger partial charge in [-0.25, -0.2) is 9.37 Å². The third-order valence-electron chi connectivity index (χ3n) is 4.46. The Morgan fingerprint density at radius 2 is 1.77 bits per heavy atom. The van der Waals surface area contributed by atoms with Crippen LogP contribution < -0.4 is 15.4 Å². The van der Waals surface area contributed by atoms with Crippen LogP contribution in [-0.2, 0) is 6.54 Å². The predicted octanol–water partition coefficient (Wildman–Crippen LogP) is 6.00. The van der Waals surface area contributed by atoms with Gasteiger partial charge in [-0.15, -0.1) is 13.2 Å². The van der Waals surface area contributed by atoms with E-state index in [1.54, 1.807) is 24.3 Å². The van der Waals surface area contributed by atoms with Gasteiger partial charge in [-0.2, -0.15) is 4.98 Å². The maximum Gasteiger partial charge on any atom is 0.573 e. The van der Waals surface area contributed by atoms with Gasteiger partial charge < -0.3 is 15.4 Å². The molecule has 0 bridgehead atoms. The van der Waals surface area contributed by atoms with Crippen molar-refractivity contribution in [3.63, 3.8) is 0 Å². The second-order valence-corrected chi connectivity index (χ2v) is 6.97. The van der Waals surface area contributed by atoms with Gasteiger partial charge in [0.05, 0.1) is 5.69 Å². The number of nitrogens with one attached hydrogen (secondary N) is 2. The van der Waals surface area contributed by atoms with E-state index in [2.05, 4.69) is 25.3 Å². The molecule has 2 N–H and O–H groups in total. The van der Waals surface area contributed by atoms with Gasteiger partial charge in [0.15, 0.2) is 0 Å². The molecular formula is C22H22F4N4O. The van der Waals surface area contributed by atoms with Gasteiger partial charge in [0.2, 0.25) is 5.95 Å². The lowest BCUT2D eigenvalue weighted by molar-refractivity contribution is -0.274. The maximum absolute atomic E-state index is 13.1. The van der Waals surface area contributed by atoms with Crippen molar-refractivity contribution in [1.82, 2.24) is 9.97 Å². The number of rotatable bonds is 8. The van der Waals surface area contributed by atoms with Gasteiger partial charge in [0, 0.05) is 24.2 Å². The molecule has 0 aliphatic heterocycles. The number of ether oxygens (including phenoxy) is 1. The first kappa shape index (κ1) is 22.3. The van der Waals surface area contributed by atoms with Crippen molar-refractivity contribution >= 4 is 11.8 Å². The Hall–Kier alpha value is -3.36. The van der Waals surface area contributed by atoms with Crippen LogP contribution in [0.1, 0.15) is 25.8 Å². The van der Waals surface area contributed by atoms with Gasteiger partial charge in [0.1, 0.15) is 17.4 Å². The molecule has 9 heteroatoms. The monoisotopic (exact) mass is 434 g/mol. The van der Waals surface area contributed by atoms with Crippen molar-refractivity contribution in [2.24, 2.45) is 0 Å². The number of halogens is 4. The molecule has 0 aliphatic carbocycles. The fourth-order valence-electron chi connectivity index (χ4n) is 2.72. The first-order valence-electron chi connectivity index (χ1n) is 9.72. The highest BCUT2D eigenvalue weighted by molar-refractivity contribution is 5.66. The minimum atomic E-state index is -4.78. The zero-order chi connectivity index (χ0) is 22.4. The Kier molecular flexibility index (Phi) is 6.94. The normalized spacial score (nSPS) is 12.3. The first-order chi connectivity index (χ1) is 14.7. The van der Waals surface area contributed by atoms with Gasteiger partial charge in [-0.3, -0.25) is 0 Å². The van der Waals surface area contributed by atoms with E-state index in [9.17, 15) is 17.6 Å². The molecular weight excluding hydrogens is 412 g/mol. The Bertz CT molecular complexity index is 1010. The molecule has 5 nitrogen and oxygen atoms in total. The molecule has 1 heterocycles. The lowest BCUT2D eigenvalue weighted by atomic mass is 10.1. The summed E-state index contributed by atoms with van der Waals surface area (Å²) >= 11 is 0. The van der Waals surface area contributed by atoms with Crippen molar-refractivity contribution in [2.45, 2.75) is 39.2 Å². The molecule has 1 atom stereocenters. The summed E-state index contributed by atoms with van der Waals surface area (Å²) in [4.78, 5) is 8.89. The third-order valence-corrected chi connectivity index (χ3v) is 4.46. The summed E-state index contributed by atoms with van der Waals surface area (Å²) in [5.41, 5.74) is 1.72. The summed E-state index contributed by atoms with van der Waals surface area (Å²) in [5.74, 6) is 0.160. The van der Waals surface area contributed by atoms with E-state index < -0.39 is 6.36 Å². The number of benzene rings is 2. The second-order valence-electron chi connectivity index (χ2n) is 6.97. The number of alkyl halides is 3. The molecule has 164 valence electrons. The summed E-state index contributed by atoms with van der Waals surface area (Å²) in [6.07, 6.45) is -3.95. The average molecular weight is 434 g/mol. The van der Waals surface area contributed by atoms with Crippen LogP contribution in [-0.4, -0.2) is 22.4 Å². The highest BCUT2D eigenvalue weighted by Gasteiger charge is 2.31. The summed E-state index contributed by atoms with van der Waals surface area (Å²) in [7, 11) is 0. The van der Waals surface area contributed by atoms with Crippen LogP contribution in [0.15, 0.2) is 54.6 Å². The SMILES string of the molecule is CC[C@@H](C)Nc1nc(NCc2ccc(F)cc2)cc(-c2cccc(OC(F)(F)F)c2)n1. The zero-order valence-electron chi connectivity index (χ0n) is 17.0. The van der Waals surface area contributed by atoms with Gasteiger partial charge in [-0.05, 0) is 43.2 Å². The van der Waals surface area contributed by atoms with Crippen molar-refractivity contribution in [3.05, 3.63) is 66.0 Å². The summed E-state index contributed by atoms with van der Waals surface area (Å²) in [6, 6.07) is 13.4. The summed E-state index contributed by atoms with van der Waals surface area (Å²) in [6.45, 7) is 4.36. The largest absolute Gasteiger partial charge is 0.573 e. The van der Waals surface area contributed by atoms with Gasteiger partial charge in [-0.1, -0.05) is 31.2 Å². The van der Waals surface area contributed by atoms with Crippen LogP contribution in [0.3, 0.4) is 0 Å². The predicted molar refractivity (Wildman–Crippen MR) is 111 cm³/mol. The first-order valence-corrected chi connectivity index (χ1v) is 9.72. The van der Waals surface area contributed by atoms with Gasteiger partial charge >= 0.3 is 6.36 Å². The number of hydrogen-bond acceptors (Lipinski definition) is 5. The van der Waals surface area contributed by atoms with Crippen LogP contribution in [0.4, 0.5) is 29.3 Å². The highest BCUT2D eigenvalue weighted by atomic mass is 19.4. The minimum absolute atomic E-state index is 0.0973. The molecule has 0 aliphatic rings. The molecule has 0 amide bonds. The summed E-state index contributed by atoms with van der Waals surface area (Å²) in [5, 5.41) is 6.33. The van der Waals surface area contributed by atoms with E-state index in [-0.39, 0.29) is 17.6 Å². The molecule has 3 rings (SSSR count). The molecule has 0 unspecified atom stereocenters. The van der Waals surface area contributed by atoms with Gasteiger partial charge in [0.25, 0.3) is 0 Å². The van der Waals surface area contributed by atoms with Crippen LogP contribution in [0.25, 0.3) is 11.3 Å². The Balaban J connectivity index is 1.89. The molecule has 0 saturated heterocycles. The third kappa shape index (κ3) is 6.84. The zero-order valence-corrected chi connectivity index (χ0v) is 17.0. The summed E-state index contributed by atoms with van der Waals surface area (Å²) < 4.78 is 54.9.